The van der Waals surface area contributed by atoms with Crippen LogP contribution in [0.2, 0.25) is 0 Å². The average molecular weight is 569 g/mol. The van der Waals surface area contributed by atoms with E-state index in [4.69, 9.17) is 14.2 Å². The Bertz CT molecular complexity index is 872. The zero-order chi connectivity index (χ0) is 22.6. The van der Waals surface area contributed by atoms with Gasteiger partial charge in [-0.05, 0) is 35.2 Å². The first-order valence-corrected chi connectivity index (χ1v) is 11.3. The van der Waals surface area contributed by atoms with E-state index in [9.17, 15) is 0 Å². The van der Waals surface area contributed by atoms with Gasteiger partial charge in [-0.1, -0.05) is 37.3 Å². The Morgan fingerprint density at radius 3 is 2.45 bits per heavy atom. The van der Waals surface area contributed by atoms with Crippen molar-refractivity contribution < 1.29 is 14.2 Å². The summed E-state index contributed by atoms with van der Waals surface area (Å²) in [6, 6.07) is 14.6. The highest BCUT2D eigenvalue weighted by atomic mass is 127. The molecule has 2 aromatic rings. The Morgan fingerprint density at radius 1 is 1.03 bits per heavy atom. The van der Waals surface area contributed by atoms with Crippen LogP contribution < -0.4 is 20.1 Å². The average Bonchev–Trinajstić information content (AvgIpc) is 2.84. The van der Waals surface area contributed by atoms with E-state index < -0.39 is 0 Å². The van der Waals surface area contributed by atoms with E-state index in [2.05, 4.69) is 51.7 Å². The fourth-order valence-corrected chi connectivity index (χ4v) is 3.62. The van der Waals surface area contributed by atoms with Gasteiger partial charge >= 0.3 is 0 Å². The predicted molar refractivity (Wildman–Crippen MR) is 144 cm³/mol. The van der Waals surface area contributed by atoms with Gasteiger partial charge in [0.2, 0.25) is 0 Å². The summed E-state index contributed by atoms with van der Waals surface area (Å²) in [5.74, 6) is 2.28. The van der Waals surface area contributed by atoms with Crippen molar-refractivity contribution in [2.45, 2.75) is 33.0 Å². The lowest BCUT2D eigenvalue weighted by molar-refractivity contribution is 0.0341. The summed E-state index contributed by atoms with van der Waals surface area (Å²) in [6.45, 7) is 8.66. The fraction of sp³-hybridized carbons (Fsp3) is 0.480. The lowest BCUT2D eigenvalue weighted by Crippen LogP contribution is -2.37. The highest BCUT2D eigenvalue weighted by molar-refractivity contribution is 14.0. The summed E-state index contributed by atoms with van der Waals surface area (Å²) < 4.78 is 16.7. The quantitative estimate of drug-likeness (QED) is 0.258. The number of guanidine groups is 1. The van der Waals surface area contributed by atoms with Crippen molar-refractivity contribution in [1.29, 1.82) is 0 Å². The van der Waals surface area contributed by atoms with Crippen LogP contribution in [0.1, 0.15) is 30.0 Å². The van der Waals surface area contributed by atoms with Gasteiger partial charge in [0, 0.05) is 39.8 Å². The molecule has 8 heteroatoms. The zero-order valence-corrected chi connectivity index (χ0v) is 22.3. The first kappa shape index (κ1) is 27.2. The maximum absolute atomic E-state index is 5.74. The van der Waals surface area contributed by atoms with E-state index in [1.807, 2.05) is 18.2 Å². The number of rotatable bonds is 10. The van der Waals surface area contributed by atoms with Crippen LogP contribution in [0, 0.1) is 0 Å². The van der Waals surface area contributed by atoms with Crippen LogP contribution in [-0.2, 0) is 24.4 Å². The van der Waals surface area contributed by atoms with Crippen molar-refractivity contribution in [3.63, 3.8) is 0 Å². The van der Waals surface area contributed by atoms with Gasteiger partial charge in [-0.2, -0.15) is 0 Å². The van der Waals surface area contributed by atoms with Crippen LogP contribution in [0.3, 0.4) is 0 Å². The molecule has 0 atom stereocenters. The Hall–Kier alpha value is -2.04. The normalized spacial score (nSPS) is 14.3. The molecule has 0 aromatic heterocycles. The number of morpholine rings is 1. The van der Waals surface area contributed by atoms with Gasteiger partial charge in [0.15, 0.2) is 17.5 Å². The topological polar surface area (TPSA) is 67.4 Å². The summed E-state index contributed by atoms with van der Waals surface area (Å²) in [5, 5.41) is 6.83. The van der Waals surface area contributed by atoms with E-state index in [0.717, 1.165) is 62.3 Å². The molecule has 2 N–H and O–H groups in total. The smallest absolute Gasteiger partial charge is 0.191 e. The Labute approximate surface area is 214 Å². The molecule has 0 bridgehead atoms. The van der Waals surface area contributed by atoms with Gasteiger partial charge in [0.05, 0.1) is 26.9 Å². The number of hydrogen-bond donors (Lipinski definition) is 2. The lowest BCUT2D eigenvalue weighted by Gasteiger charge is -2.27. The van der Waals surface area contributed by atoms with Gasteiger partial charge in [0.1, 0.15) is 0 Å². The molecule has 0 radical (unpaired) electrons. The Balaban J connectivity index is 0.00000385. The lowest BCUT2D eigenvalue weighted by atomic mass is 10.1. The first-order chi connectivity index (χ1) is 15.7. The molecule has 1 saturated heterocycles. The number of aliphatic imine (C=N–C) groups is 1. The molecule has 1 fully saturated rings. The van der Waals surface area contributed by atoms with Gasteiger partial charge in [-0.3, -0.25) is 9.89 Å². The molecular weight excluding hydrogens is 531 g/mol. The van der Waals surface area contributed by atoms with Crippen molar-refractivity contribution in [1.82, 2.24) is 15.5 Å². The second-order valence-corrected chi connectivity index (χ2v) is 7.77. The largest absolute Gasteiger partial charge is 0.493 e. The molecule has 1 aliphatic heterocycles. The second kappa shape index (κ2) is 15.0. The predicted octanol–water partition coefficient (Wildman–Crippen LogP) is 3.80. The van der Waals surface area contributed by atoms with Gasteiger partial charge < -0.3 is 24.8 Å². The third-order valence-electron chi connectivity index (χ3n) is 5.44. The van der Waals surface area contributed by atoms with Crippen LogP contribution in [0.15, 0.2) is 47.5 Å². The van der Waals surface area contributed by atoms with E-state index >= 15 is 0 Å². The van der Waals surface area contributed by atoms with Crippen LogP contribution in [0.25, 0.3) is 0 Å². The van der Waals surface area contributed by atoms with Crippen molar-refractivity contribution in [2.75, 3.05) is 47.1 Å². The summed E-state index contributed by atoms with van der Waals surface area (Å²) in [5.41, 5.74) is 3.71. The van der Waals surface area contributed by atoms with Crippen molar-refractivity contribution in [3.05, 3.63) is 59.2 Å². The van der Waals surface area contributed by atoms with Gasteiger partial charge in [0.25, 0.3) is 0 Å². The fourth-order valence-electron chi connectivity index (χ4n) is 3.62. The highest BCUT2D eigenvalue weighted by Crippen LogP contribution is 2.28. The SMILES string of the molecule is CCCOc1ccc(CNC(=NC)NCc2ccccc2CN2CCOCC2)cc1OC.I. The summed E-state index contributed by atoms with van der Waals surface area (Å²) in [4.78, 5) is 6.82. The van der Waals surface area contributed by atoms with Crippen LogP contribution in [0.5, 0.6) is 11.5 Å². The number of nitrogens with zero attached hydrogens (tertiary/aromatic N) is 2. The van der Waals surface area contributed by atoms with Gasteiger partial charge in [-0.25, -0.2) is 0 Å². The third kappa shape index (κ3) is 8.68. The minimum absolute atomic E-state index is 0. The van der Waals surface area contributed by atoms with Crippen molar-refractivity contribution in [2.24, 2.45) is 4.99 Å². The van der Waals surface area contributed by atoms with Crippen LogP contribution in [-0.4, -0.2) is 57.9 Å². The minimum Gasteiger partial charge on any atom is -0.493 e. The minimum atomic E-state index is 0. The molecule has 1 aliphatic rings. The van der Waals surface area contributed by atoms with Gasteiger partial charge in [-0.15, -0.1) is 24.0 Å². The van der Waals surface area contributed by atoms with E-state index in [-0.39, 0.29) is 24.0 Å². The molecule has 33 heavy (non-hydrogen) atoms. The number of nitrogens with one attached hydrogen (secondary N) is 2. The Kier molecular flexibility index (Phi) is 12.3. The number of hydrogen-bond acceptors (Lipinski definition) is 5. The maximum atomic E-state index is 5.74. The molecule has 182 valence electrons. The number of halogens is 1. The standard InChI is InChI=1S/C25H36N4O3.HI/c1-4-13-32-23-10-9-20(16-24(23)30-3)17-27-25(26-2)28-18-21-7-5-6-8-22(21)19-29-11-14-31-15-12-29;/h5-10,16H,4,11-15,17-19H2,1-3H3,(H2,26,27,28);1H. The van der Waals surface area contributed by atoms with E-state index in [0.29, 0.717) is 19.7 Å². The zero-order valence-electron chi connectivity index (χ0n) is 19.9. The second-order valence-electron chi connectivity index (χ2n) is 7.77. The number of ether oxygens (including phenoxy) is 3. The molecule has 1 heterocycles. The molecule has 7 nitrogen and oxygen atoms in total. The molecule has 2 aromatic carbocycles. The van der Waals surface area contributed by atoms with Crippen molar-refractivity contribution >= 4 is 29.9 Å². The summed E-state index contributed by atoms with van der Waals surface area (Å²) >= 11 is 0. The molecule has 0 saturated carbocycles. The Morgan fingerprint density at radius 2 is 1.76 bits per heavy atom. The van der Waals surface area contributed by atoms with E-state index in [1.54, 1.807) is 14.2 Å². The van der Waals surface area contributed by atoms with E-state index in [1.165, 1.54) is 11.1 Å². The molecule has 0 aliphatic carbocycles. The molecular formula is C25H37IN4O3. The number of methoxy groups -OCH3 is 1. The molecule has 0 unspecified atom stereocenters. The molecule has 0 spiro atoms. The molecule has 0 amide bonds. The van der Waals surface area contributed by atoms with Crippen molar-refractivity contribution in [3.8, 4) is 11.5 Å². The summed E-state index contributed by atoms with van der Waals surface area (Å²) in [7, 11) is 3.46. The first-order valence-electron chi connectivity index (χ1n) is 11.3. The molecule has 3 rings (SSSR count). The van der Waals surface area contributed by atoms with Crippen LogP contribution >= 0.6 is 24.0 Å². The van der Waals surface area contributed by atoms with Crippen LogP contribution in [0.4, 0.5) is 0 Å². The number of benzene rings is 2. The third-order valence-corrected chi connectivity index (χ3v) is 5.44. The maximum Gasteiger partial charge on any atom is 0.191 e. The monoisotopic (exact) mass is 568 g/mol. The highest BCUT2D eigenvalue weighted by Gasteiger charge is 2.13. The summed E-state index contributed by atoms with van der Waals surface area (Å²) in [6.07, 6.45) is 0.962.